The number of rotatable bonds is 4. The average molecular weight is 210 g/mol. The first kappa shape index (κ1) is 11.8. The summed E-state index contributed by atoms with van der Waals surface area (Å²) < 4.78 is 13.0. The Kier molecular flexibility index (Phi) is 3.95. The molecule has 84 valence electrons. The van der Waals surface area contributed by atoms with Crippen molar-refractivity contribution in [2.24, 2.45) is 5.92 Å². The van der Waals surface area contributed by atoms with E-state index in [1.54, 1.807) is 6.07 Å². The summed E-state index contributed by atoms with van der Waals surface area (Å²) in [6, 6.07) is 4.47. The minimum absolute atomic E-state index is 0.240. The van der Waals surface area contributed by atoms with E-state index in [1.807, 2.05) is 11.9 Å². The number of nitrogen functional groups attached to an aromatic ring is 1. The molecule has 0 radical (unpaired) electrons. The number of hydrogen-bond donors (Lipinski definition) is 1. The van der Waals surface area contributed by atoms with Crippen molar-refractivity contribution >= 4 is 11.4 Å². The summed E-state index contributed by atoms with van der Waals surface area (Å²) in [4.78, 5) is 2.00. The third kappa shape index (κ3) is 3.42. The molecule has 1 aromatic rings. The standard InChI is InChI=1S/C12H19FN2/c1-9(2)6-7-15(3)12-8-10(13)4-5-11(12)14/h4-5,8-9H,6-7,14H2,1-3H3. The van der Waals surface area contributed by atoms with Crippen LogP contribution in [0.4, 0.5) is 15.8 Å². The molecule has 0 aliphatic heterocycles. The van der Waals surface area contributed by atoms with Crippen LogP contribution in [-0.4, -0.2) is 13.6 Å². The molecule has 0 heterocycles. The van der Waals surface area contributed by atoms with Gasteiger partial charge in [-0.25, -0.2) is 4.39 Å². The smallest absolute Gasteiger partial charge is 0.125 e. The monoisotopic (exact) mass is 210 g/mol. The number of benzene rings is 1. The molecule has 0 saturated carbocycles. The van der Waals surface area contributed by atoms with E-state index in [0.717, 1.165) is 18.7 Å². The quantitative estimate of drug-likeness (QED) is 0.774. The van der Waals surface area contributed by atoms with Gasteiger partial charge >= 0.3 is 0 Å². The third-order valence-electron chi connectivity index (χ3n) is 2.45. The molecule has 0 bridgehead atoms. The fourth-order valence-electron chi connectivity index (χ4n) is 1.42. The zero-order valence-electron chi connectivity index (χ0n) is 9.63. The Balaban J connectivity index is 2.72. The van der Waals surface area contributed by atoms with E-state index in [2.05, 4.69) is 13.8 Å². The van der Waals surface area contributed by atoms with Crippen LogP contribution < -0.4 is 10.6 Å². The van der Waals surface area contributed by atoms with Crippen LogP contribution in [0.15, 0.2) is 18.2 Å². The van der Waals surface area contributed by atoms with Gasteiger partial charge in [-0.1, -0.05) is 13.8 Å². The predicted octanol–water partition coefficient (Wildman–Crippen LogP) is 2.89. The van der Waals surface area contributed by atoms with Gasteiger partial charge in [0.1, 0.15) is 5.82 Å². The van der Waals surface area contributed by atoms with Crippen molar-refractivity contribution in [3.05, 3.63) is 24.0 Å². The molecular formula is C12H19FN2. The van der Waals surface area contributed by atoms with E-state index in [4.69, 9.17) is 5.73 Å². The Labute approximate surface area is 90.9 Å². The lowest BCUT2D eigenvalue weighted by Gasteiger charge is -2.22. The van der Waals surface area contributed by atoms with Crippen molar-refractivity contribution in [2.75, 3.05) is 24.2 Å². The van der Waals surface area contributed by atoms with Gasteiger partial charge in [-0.05, 0) is 30.5 Å². The molecule has 0 atom stereocenters. The highest BCUT2D eigenvalue weighted by Gasteiger charge is 2.07. The Bertz CT molecular complexity index is 323. The van der Waals surface area contributed by atoms with E-state index in [0.29, 0.717) is 11.6 Å². The molecular weight excluding hydrogens is 191 g/mol. The average Bonchev–Trinajstić information content (AvgIpc) is 2.18. The second kappa shape index (κ2) is 5.01. The fraction of sp³-hybridized carbons (Fsp3) is 0.500. The van der Waals surface area contributed by atoms with Crippen molar-refractivity contribution in [1.29, 1.82) is 0 Å². The van der Waals surface area contributed by atoms with Crippen LogP contribution in [0.5, 0.6) is 0 Å². The van der Waals surface area contributed by atoms with Crippen molar-refractivity contribution < 1.29 is 4.39 Å². The number of halogens is 1. The Morgan fingerprint density at radius 2 is 2.07 bits per heavy atom. The summed E-state index contributed by atoms with van der Waals surface area (Å²) in [6.07, 6.45) is 1.08. The molecule has 3 heteroatoms. The molecule has 0 spiro atoms. The van der Waals surface area contributed by atoms with Gasteiger partial charge in [0.2, 0.25) is 0 Å². The van der Waals surface area contributed by atoms with E-state index in [1.165, 1.54) is 12.1 Å². The number of hydrogen-bond acceptors (Lipinski definition) is 2. The maximum absolute atomic E-state index is 13.0. The maximum atomic E-state index is 13.0. The van der Waals surface area contributed by atoms with Crippen LogP contribution in [0, 0.1) is 11.7 Å². The molecule has 2 N–H and O–H groups in total. The van der Waals surface area contributed by atoms with Crippen molar-refractivity contribution in [3.63, 3.8) is 0 Å². The summed E-state index contributed by atoms with van der Waals surface area (Å²) in [6.45, 7) is 5.23. The Hall–Kier alpha value is -1.25. The Morgan fingerprint density at radius 3 is 2.67 bits per heavy atom. The first-order valence-corrected chi connectivity index (χ1v) is 5.27. The van der Waals surface area contributed by atoms with Gasteiger partial charge in [-0.3, -0.25) is 0 Å². The fourth-order valence-corrected chi connectivity index (χ4v) is 1.42. The van der Waals surface area contributed by atoms with E-state index < -0.39 is 0 Å². The first-order valence-electron chi connectivity index (χ1n) is 5.27. The van der Waals surface area contributed by atoms with Gasteiger partial charge < -0.3 is 10.6 Å². The molecule has 0 fully saturated rings. The van der Waals surface area contributed by atoms with Crippen LogP contribution in [0.1, 0.15) is 20.3 Å². The lowest BCUT2D eigenvalue weighted by molar-refractivity contribution is 0.584. The van der Waals surface area contributed by atoms with Crippen molar-refractivity contribution in [2.45, 2.75) is 20.3 Å². The van der Waals surface area contributed by atoms with Crippen LogP contribution >= 0.6 is 0 Å². The lowest BCUT2D eigenvalue weighted by atomic mass is 10.1. The lowest BCUT2D eigenvalue weighted by Crippen LogP contribution is -2.21. The van der Waals surface area contributed by atoms with Gasteiger partial charge in [0, 0.05) is 13.6 Å². The molecule has 0 aliphatic carbocycles. The summed E-state index contributed by atoms with van der Waals surface area (Å²) in [5.74, 6) is 0.401. The number of nitrogens with zero attached hydrogens (tertiary/aromatic N) is 1. The summed E-state index contributed by atoms with van der Waals surface area (Å²) >= 11 is 0. The minimum atomic E-state index is -0.240. The second-order valence-corrected chi connectivity index (χ2v) is 4.31. The topological polar surface area (TPSA) is 29.3 Å². The van der Waals surface area contributed by atoms with Gasteiger partial charge in [0.25, 0.3) is 0 Å². The molecule has 0 aliphatic rings. The molecule has 1 aromatic carbocycles. The van der Waals surface area contributed by atoms with Crippen LogP contribution in [0.3, 0.4) is 0 Å². The predicted molar refractivity (Wildman–Crippen MR) is 63.5 cm³/mol. The number of anilines is 2. The van der Waals surface area contributed by atoms with Crippen LogP contribution in [-0.2, 0) is 0 Å². The number of nitrogens with two attached hydrogens (primary N) is 1. The highest BCUT2D eigenvalue weighted by Crippen LogP contribution is 2.23. The van der Waals surface area contributed by atoms with E-state index in [-0.39, 0.29) is 5.82 Å². The van der Waals surface area contributed by atoms with Crippen molar-refractivity contribution in [3.8, 4) is 0 Å². The highest BCUT2D eigenvalue weighted by atomic mass is 19.1. The van der Waals surface area contributed by atoms with Gasteiger partial charge in [0.15, 0.2) is 0 Å². The van der Waals surface area contributed by atoms with E-state index in [9.17, 15) is 4.39 Å². The van der Waals surface area contributed by atoms with Gasteiger partial charge in [-0.2, -0.15) is 0 Å². The second-order valence-electron chi connectivity index (χ2n) is 4.31. The molecule has 0 unspecified atom stereocenters. The normalized spacial score (nSPS) is 10.7. The first-order chi connectivity index (χ1) is 7.00. The highest BCUT2D eigenvalue weighted by molar-refractivity contribution is 5.67. The zero-order chi connectivity index (χ0) is 11.4. The van der Waals surface area contributed by atoms with E-state index >= 15 is 0 Å². The minimum Gasteiger partial charge on any atom is -0.397 e. The SMILES string of the molecule is CC(C)CCN(C)c1cc(F)ccc1N. The molecule has 0 aromatic heterocycles. The van der Waals surface area contributed by atoms with Gasteiger partial charge in [-0.15, -0.1) is 0 Å². The van der Waals surface area contributed by atoms with Crippen LogP contribution in [0.2, 0.25) is 0 Å². The zero-order valence-corrected chi connectivity index (χ0v) is 9.63. The van der Waals surface area contributed by atoms with Crippen LogP contribution in [0.25, 0.3) is 0 Å². The van der Waals surface area contributed by atoms with Crippen molar-refractivity contribution in [1.82, 2.24) is 0 Å². The third-order valence-corrected chi connectivity index (χ3v) is 2.45. The molecule has 1 rings (SSSR count). The maximum Gasteiger partial charge on any atom is 0.125 e. The molecule has 2 nitrogen and oxygen atoms in total. The Morgan fingerprint density at radius 1 is 1.40 bits per heavy atom. The molecule has 0 amide bonds. The summed E-state index contributed by atoms with van der Waals surface area (Å²) in [5.41, 5.74) is 7.19. The largest absolute Gasteiger partial charge is 0.397 e. The molecule has 15 heavy (non-hydrogen) atoms. The summed E-state index contributed by atoms with van der Waals surface area (Å²) in [7, 11) is 1.94. The molecule has 0 saturated heterocycles. The van der Waals surface area contributed by atoms with Gasteiger partial charge in [0.05, 0.1) is 11.4 Å². The summed E-state index contributed by atoms with van der Waals surface area (Å²) in [5, 5.41) is 0.